The molecule has 2 fully saturated rings. The lowest BCUT2D eigenvalue weighted by molar-refractivity contribution is 0.585. The lowest BCUT2D eigenvalue weighted by atomic mass is 9.87. The van der Waals surface area contributed by atoms with Crippen LogP contribution in [-0.2, 0) is 37.7 Å². The van der Waals surface area contributed by atoms with Crippen molar-refractivity contribution in [3.05, 3.63) is 254 Å². The summed E-state index contributed by atoms with van der Waals surface area (Å²) in [5.74, 6) is -3.44. The van der Waals surface area contributed by atoms with Crippen LogP contribution in [0.4, 0.5) is 48.5 Å². The van der Waals surface area contributed by atoms with Gasteiger partial charge >= 0.3 is 0 Å². The maximum atomic E-state index is 13.5. The van der Waals surface area contributed by atoms with Crippen molar-refractivity contribution in [1.82, 2.24) is 103 Å². The number of piperazine rings is 2. The van der Waals surface area contributed by atoms with E-state index < -0.39 is 132 Å². The van der Waals surface area contributed by atoms with Crippen LogP contribution in [0.3, 0.4) is 0 Å². The lowest BCUT2D eigenvalue weighted by Gasteiger charge is -2.35. The van der Waals surface area contributed by atoms with Gasteiger partial charge < -0.3 is 47.4 Å². The summed E-state index contributed by atoms with van der Waals surface area (Å²) in [6.45, 7) is -33.9. The van der Waals surface area contributed by atoms with E-state index in [1.54, 1.807) is 111 Å². The molecule has 33 heteroatoms. The average molecular weight is 1530 g/mol. The molecule has 2 aliphatic rings. The van der Waals surface area contributed by atoms with Crippen LogP contribution in [-0.4, -0.2) is 168 Å². The monoisotopic (exact) mass is 1530 g/mol. The van der Waals surface area contributed by atoms with Crippen LogP contribution in [0.25, 0.3) is 49.9 Å². The molecular formula is C78H85F3N30. The van der Waals surface area contributed by atoms with Gasteiger partial charge in [-0.2, -0.15) is 30.6 Å². The van der Waals surface area contributed by atoms with E-state index in [0.717, 1.165) is 40.4 Å². The van der Waals surface area contributed by atoms with E-state index in [2.05, 4.69) is 75.4 Å². The highest BCUT2D eigenvalue weighted by atomic mass is 19.1. The minimum absolute atomic E-state index is 0.0365. The number of hydrogen-bond acceptors (Lipinski definition) is 24. The van der Waals surface area contributed by atoms with Crippen LogP contribution in [0.15, 0.2) is 203 Å². The lowest BCUT2D eigenvalue weighted by Crippen LogP contribution is -2.47. The average Bonchev–Trinajstić information content (AvgIpc) is 0.882. The van der Waals surface area contributed by atoms with Gasteiger partial charge in [-0.3, -0.25) is 14.0 Å². The third-order valence-electron chi connectivity index (χ3n) is 17.6. The van der Waals surface area contributed by atoms with E-state index in [1.165, 1.54) is 124 Å². The molecule has 2 saturated heterocycles. The quantitative estimate of drug-likeness (QED) is 0.0703. The Morgan fingerprint density at radius 3 is 1.07 bits per heavy atom. The molecule has 568 valence electrons. The first-order valence-corrected chi connectivity index (χ1v) is 33.1. The summed E-state index contributed by atoms with van der Waals surface area (Å²) < 4.78 is 275. The van der Waals surface area contributed by atoms with Crippen LogP contribution < -0.4 is 47.4 Å². The van der Waals surface area contributed by atoms with Gasteiger partial charge in [-0.15, -0.1) is 0 Å². The van der Waals surface area contributed by atoms with Gasteiger partial charge in [0.15, 0.2) is 17.5 Å². The van der Waals surface area contributed by atoms with Crippen molar-refractivity contribution < 1.29 is 50.2 Å². The van der Waals surface area contributed by atoms with Crippen molar-refractivity contribution in [3.63, 3.8) is 0 Å². The highest BCUT2D eigenvalue weighted by Crippen LogP contribution is 2.34. The smallest absolute Gasteiger partial charge is 0.225 e. The molecule has 3 atom stereocenters. The topological polar surface area (TPSA) is 342 Å². The standard InChI is InChI=1S/2C26H27FN10.C14H18N6.C12H13FN4/c2*1-26(28,20-3-5-22(27)6-4-20)21-13-29-25(30-14-21)36-9-7-35(8-10-36)24-23-11-18(16-37(23)33-17-31-24)19-12-32-34(2)15-19;1-4-19(5-2)14-13-6-11(9-20(13)17-10-15-14)12-7-16-18(3)8-12;1-12(15,8-2-4-10(13)5-3-8)9-6-16-11(14)17-7-9/h2*3-6,11-17H,7-10,28H2,1-2H3;6-10H,4-5H2,1-3H3;2-7H,15H2,1H3,(H2,14,16,17)/t2*26-;;/m10../s1/i2D3,7D2,8D2,9D2,10D2;7D2,8D2,9D2,10D2;1D2,2D2,4D2,5D2;. The molecule has 0 spiro atoms. The van der Waals surface area contributed by atoms with Gasteiger partial charge in [0.2, 0.25) is 17.8 Å². The van der Waals surface area contributed by atoms with E-state index >= 15 is 0 Å². The maximum Gasteiger partial charge on any atom is 0.225 e. The number of hydrogen-bond donors (Lipinski definition) is 4. The van der Waals surface area contributed by atoms with Gasteiger partial charge in [-0.05, 0) is 106 Å². The molecule has 0 bridgehead atoms. The number of fused-ring (bicyclic) bond motifs is 3. The van der Waals surface area contributed by atoms with E-state index in [0.29, 0.717) is 54.3 Å². The Kier molecular flexibility index (Phi) is 13.7. The summed E-state index contributed by atoms with van der Waals surface area (Å²) in [6.07, 6.45) is 24.9. The molecular weight excluding hydrogens is 1410 g/mol. The molecule has 30 nitrogen and oxygen atoms in total. The highest BCUT2D eigenvalue weighted by molar-refractivity contribution is 5.80. The molecule has 111 heavy (non-hydrogen) atoms. The van der Waals surface area contributed by atoms with Crippen LogP contribution >= 0.6 is 0 Å². The van der Waals surface area contributed by atoms with Gasteiger partial charge in [-0.25, -0.2) is 71.6 Å². The number of nitrogens with two attached hydrogens (primary N) is 4. The molecule has 0 saturated carbocycles. The number of rotatable bonds is 16. The van der Waals surface area contributed by atoms with E-state index in [9.17, 15) is 13.2 Å². The molecule has 17 rings (SSSR count). The number of benzene rings is 3. The van der Waals surface area contributed by atoms with Crippen LogP contribution in [0.5, 0.6) is 0 Å². The Morgan fingerprint density at radius 2 is 0.721 bits per heavy atom. The summed E-state index contributed by atoms with van der Waals surface area (Å²) in [5.41, 5.74) is 28.1. The summed E-state index contributed by atoms with van der Waals surface area (Å²) in [4.78, 5) is 37.9. The van der Waals surface area contributed by atoms with Gasteiger partial charge in [0, 0.05) is 226 Å². The minimum Gasteiger partial charge on any atom is -0.368 e. The maximum absolute atomic E-state index is 13.5. The van der Waals surface area contributed by atoms with E-state index in [1.807, 2.05) is 6.92 Å². The minimum atomic E-state index is -3.34. The Balaban J connectivity index is 0.000000156. The Labute approximate surface area is 675 Å². The second-order valence-corrected chi connectivity index (χ2v) is 25.2. The third kappa shape index (κ3) is 16.2. The summed E-state index contributed by atoms with van der Waals surface area (Å²) in [6, 6.07) is 21.4. The molecule has 8 N–H and O–H groups in total. The first-order valence-electron chi connectivity index (χ1n) is 46.9. The Bertz CT molecular complexity index is 6800. The fraction of sp³-hybridized carbons (Fsp3) is 0.269. The zero-order valence-electron chi connectivity index (χ0n) is 86.3. The zero-order chi connectivity index (χ0) is 101. The fourth-order valence-electron chi connectivity index (χ4n) is 11.3. The molecule has 2 aliphatic heterocycles. The molecule has 14 heterocycles. The zero-order valence-corrected chi connectivity index (χ0v) is 59.3. The number of aromatic nitrogens is 21. The summed E-state index contributed by atoms with van der Waals surface area (Å²) >= 11 is 0. The van der Waals surface area contributed by atoms with Crippen molar-refractivity contribution in [1.29, 1.82) is 0 Å². The van der Waals surface area contributed by atoms with E-state index in [-0.39, 0.29) is 60.2 Å². The molecule has 12 aromatic heterocycles. The number of anilines is 6. The van der Waals surface area contributed by atoms with Crippen LogP contribution in [0.2, 0.25) is 0 Å². The van der Waals surface area contributed by atoms with Gasteiger partial charge in [0.25, 0.3) is 0 Å². The molecule has 0 radical (unpaired) electrons. The molecule has 15 aromatic rings. The summed E-state index contributed by atoms with van der Waals surface area (Å²) in [7, 11) is 3.48. The second kappa shape index (κ2) is 31.6. The van der Waals surface area contributed by atoms with Crippen molar-refractivity contribution in [2.24, 2.45) is 38.3 Å². The van der Waals surface area contributed by atoms with Crippen LogP contribution in [0.1, 0.15) is 105 Å². The Hall–Kier alpha value is -13.1. The van der Waals surface area contributed by atoms with E-state index in [4.69, 9.17) is 59.9 Å². The summed E-state index contributed by atoms with van der Waals surface area (Å²) in [5, 5.41) is 24.3. The van der Waals surface area contributed by atoms with Gasteiger partial charge in [0.05, 0.1) is 57.1 Å². The fourth-order valence-corrected chi connectivity index (χ4v) is 11.3. The van der Waals surface area contributed by atoms with Crippen LogP contribution in [0, 0.1) is 17.5 Å². The Morgan fingerprint density at radius 1 is 0.396 bits per heavy atom. The number of nitrogen functional groups attached to an aromatic ring is 1. The SMILES string of the molecule is CC(N)(c1ccc(F)cc1)c1cnc(N)nc1.[2H]C([2H])([2H])n1cc(-c2cc3c(N4C([2H])([2H])C([2H])([2H])N(c5ncc([C@](C)(N)c6ccc(F)cc6)cn5)C([2H])([2H])C4([2H])[2H])ncnn3c2)cn1.[2H]C([2H])C([2H])([2H])N(c1ncnn2cc(-c3cnn(C)c3)cc12)C([2H])([2H])C([2H])[2H].[2H]C1([2H])N(c2ncc([C@@](C)(N)c3ccc(F)cc3)cn2)C([2H])([2H])C([2H])([2H])N(c2ncnn3cc(-c4cnn(C)c4)cc23)C1([2H])[2H]. The number of aryl methyl sites for hydroxylation is 3. The molecule has 0 aliphatic carbocycles. The van der Waals surface area contributed by atoms with Gasteiger partial charge in [0.1, 0.15) is 53.0 Å². The number of halogens is 3. The van der Waals surface area contributed by atoms with Crippen molar-refractivity contribution in [3.8, 4) is 33.4 Å². The number of nitrogens with zero attached hydrogens (tertiary/aromatic N) is 26. The first kappa shape index (κ1) is 48.3. The highest BCUT2D eigenvalue weighted by Gasteiger charge is 2.31. The third-order valence-corrected chi connectivity index (χ3v) is 17.6. The van der Waals surface area contributed by atoms with Crippen molar-refractivity contribution in [2.75, 3.05) is 95.2 Å². The molecule has 1 unspecified atom stereocenters. The second-order valence-electron chi connectivity index (χ2n) is 25.2. The normalized spacial score (nSPS) is 22.4. The van der Waals surface area contributed by atoms with Crippen molar-refractivity contribution in [2.45, 2.75) is 51.1 Å². The predicted octanol–water partition coefficient (Wildman–Crippen LogP) is 8.61. The molecule has 0 amide bonds. The first-order chi connectivity index (χ1) is 64.0. The molecule has 3 aromatic carbocycles. The van der Waals surface area contributed by atoms with Crippen molar-refractivity contribution >= 4 is 51.8 Å². The largest absolute Gasteiger partial charge is 0.368 e. The predicted molar refractivity (Wildman–Crippen MR) is 420 cm³/mol. The van der Waals surface area contributed by atoms with Gasteiger partial charge in [-0.1, -0.05) is 36.4 Å².